The van der Waals surface area contributed by atoms with Crippen LogP contribution in [0.25, 0.3) is 0 Å². The second-order valence-corrected chi connectivity index (χ2v) is 9.63. The van der Waals surface area contributed by atoms with Gasteiger partial charge in [0.1, 0.15) is 5.75 Å². The highest BCUT2D eigenvalue weighted by Crippen LogP contribution is 2.24. The molecule has 1 saturated heterocycles. The number of hydrogen-bond donors (Lipinski definition) is 1. The van der Waals surface area contributed by atoms with E-state index in [4.69, 9.17) is 4.74 Å². The van der Waals surface area contributed by atoms with Gasteiger partial charge in [0.2, 0.25) is 0 Å². The molecule has 1 aliphatic heterocycles. The van der Waals surface area contributed by atoms with Gasteiger partial charge in [-0.25, -0.2) is 0 Å². The summed E-state index contributed by atoms with van der Waals surface area (Å²) in [6, 6.07) is 24.6. The van der Waals surface area contributed by atoms with Gasteiger partial charge in [-0.15, -0.1) is 0 Å². The average Bonchev–Trinajstić information content (AvgIpc) is 2.86. The van der Waals surface area contributed by atoms with Crippen LogP contribution >= 0.6 is 15.9 Å². The molecule has 1 aliphatic rings. The molecule has 0 aliphatic carbocycles. The summed E-state index contributed by atoms with van der Waals surface area (Å²) in [7, 11) is 0. The van der Waals surface area contributed by atoms with Crippen LogP contribution in [0, 0.1) is 0 Å². The summed E-state index contributed by atoms with van der Waals surface area (Å²) in [5.74, 6) is 0.478. The molecule has 0 radical (unpaired) electrons. The molecule has 3 aromatic rings. The van der Waals surface area contributed by atoms with Crippen molar-refractivity contribution < 1.29 is 14.3 Å². The highest BCUT2D eigenvalue weighted by Gasteiger charge is 2.30. The topological polar surface area (TPSA) is 61.9 Å². The number of halogens is 1. The van der Waals surface area contributed by atoms with Gasteiger partial charge in [-0.05, 0) is 74.5 Å². The van der Waals surface area contributed by atoms with Crippen molar-refractivity contribution in [1.82, 2.24) is 4.90 Å². The van der Waals surface area contributed by atoms with E-state index >= 15 is 0 Å². The molecule has 1 N–H and O–H groups in total. The Bertz CT molecular complexity index is 1120. The summed E-state index contributed by atoms with van der Waals surface area (Å²) in [6.07, 6.45) is 0. The fourth-order valence-corrected chi connectivity index (χ4v) is 4.08. The molecule has 1 heterocycles. The molecule has 34 heavy (non-hydrogen) atoms. The monoisotopic (exact) mass is 521 g/mol. The minimum absolute atomic E-state index is 0.0753. The van der Waals surface area contributed by atoms with Crippen LogP contribution in [0.2, 0.25) is 0 Å². The standard InChI is InChI=1S/C27H28BrN3O3/c1-27(2,34-24-14-8-21(28)9-15-24)26(33)29-22-10-12-23(13-11-22)30-16-18-31(19-17-30)25(32)20-6-4-3-5-7-20/h3-15H,16-19H2,1-2H3,(H,29,33). The number of anilines is 2. The number of carbonyl (C=O) groups is 2. The zero-order valence-electron chi connectivity index (χ0n) is 19.3. The number of benzene rings is 3. The summed E-state index contributed by atoms with van der Waals surface area (Å²) >= 11 is 3.40. The zero-order valence-corrected chi connectivity index (χ0v) is 20.9. The second kappa shape index (κ2) is 10.3. The van der Waals surface area contributed by atoms with Crippen LogP contribution < -0.4 is 15.0 Å². The van der Waals surface area contributed by atoms with Gasteiger partial charge in [-0.1, -0.05) is 34.1 Å². The van der Waals surface area contributed by atoms with Crippen molar-refractivity contribution in [1.29, 1.82) is 0 Å². The van der Waals surface area contributed by atoms with Crippen molar-refractivity contribution >= 4 is 39.1 Å². The number of nitrogens with one attached hydrogen (secondary N) is 1. The number of hydrogen-bond acceptors (Lipinski definition) is 4. The van der Waals surface area contributed by atoms with Gasteiger partial charge in [0.25, 0.3) is 11.8 Å². The van der Waals surface area contributed by atoms with E-state index in [1.165, 1.54) is 0 Å². The van der Waals surface area contributed by atoms with Gasteiger partial charge >= 0.3 is 0 Å². The van der Waals surface area contributed by atoms with Gasteiger partial charge in [0.15, 0.2) is 5.60 Å². The van der Waals surface area contributed by atoms with Gasteiger partial charge < -0.3 is 19.9 Å². The van der Waals surface area contributed by atoms with Crippen LogP contribution in [0.3, 0.4) is 0 Å². The van der Waals surface area contributed by atoms with Crippen LogP contribution in [0.15, 0.2) is 83.3 Å². The lowest BCUT2D eigenvalue weighted by Gasteiger charge is -2.36. The Morgan fingerprint density at radius 1 is 0.853 bits per heavy atom. The Balaban J connectivity index is 1.31. The number of rotatable bonds is 6. The number of carbonyl (C=O) groups excluding carboxylic acids is 2. The summed E-state index contributed by atoms with van der Waals surface area (Å²) in [5.41, 5.74) is 1.46. The smallest absolute Gasteiger partial charge is 0.267 e. The molecule has 7 heteroatoms. The molecule has 0 atom stereocenters. The maximum Gasteiger partial charge on any atom is 0.267 e. The van der Waals surface area contributed by atoms with E-state index in [0.29, 0.717) is 24.5 Å². The Morgan fingerprint density at radius 2 is 1.47 bits per heavy atom. The predicted octanol–water partition coefficient (Wildman–Crippen LogP) is 5.21. The lowest BCUT2D eigenvalue weighted by atomic mass is 10.1. The lowest BCUT2D eigenvalue weighted by Crippen LogP contribution is -2.48. The van der Waals surface area contributed by atoms with Crippen molar-refractivity contribution in [2.24, 2.45) is 0 Å². The molecule has 6 nitrogen and oxygen atoms in total. The fraction of sp³-hybridized carbons (Fsp3) is 0.259. The molecule has 1 fully saturated rings. The number of ether oxygens (including phenoxy) is 1. The first-order valence-corrected chi connectivity index (χ1v) is 12.1. The highest BCUT2D eigenvalue weighted by molar-refractivity contribution is 9.10. The summed E-state index contributed by atoms with van der Waals surface area (Å²) < 4.78 is 6.85. The molecule has 0 aromatic heterocycles. The molecular formula is C27H28BrN3O3. The normalized spacial score (nSPS) is 14.0. The third-order valence-electron chi connectivity index (χ3n) is 5.81. The fourth-order valence-electron chi connectivity index (χ4n) is 3.81. The van der Waals surface area contributed by atoms with E-state index < -0.39 is 5.60 Å². The molecule has 2 amide bonds. The van der Waals surface area contributed by atoms with E-state index in [9.17, 15) is 9.59 Å². The van der Waals surface area contributed by atoms with Gasteiger partial charge in [-0.3, -0.25) is 9.59 Å². The number of amides is 2. The van der Waals surface area contributed by atoms with Crippen LogP contribution in [0.4, 0.5) is 11.4 Å². The van der Waals surface area contributed by atoms with Crippen molar-refractivity contribution in [3.05, 3.63) is 88.9 Å². The van der Waals surface area contributed by atoms with Crippen molar-refractivity contribution in [2.45, 2.75) is 19.4 Å². The van der Waals surface area contributed by atoms with E-state index in [1.807, 2.05) is 83.8 Å². The Labute approximate surface area is 208 Å². The first kappa shape index (κ1) is 23.8. The average molecular weight is 522 g/mol. The molecule has 0 unspecified atom stereocenters. The van der Waals surface area contributed by atoms with Crippen molar-refractivity contribution in [2.75, 3.05) is 36.4 Å². The van der Waals surface area contributed by atoms with Gasteiger partial charge in [0.05, 0.1) is 0 Å². The SMILES string of the molecule is CC(C)(Oc1ccc(Br)cc1)C(=O)Nc1ccc(N2CCN(C(=O)c3ccccc3)CC2)cc1. The number of piperazine rings is 1. The molecule has 4 rings (SSSR count). The maximum atomic E-state index is 12.8. The maximum absolute atomic E-state index is 12.8. The Morgan fingerprint density at radius 3 is 2.09 bits per heavy atom. The molecular weight excluding hydrogens is 494 g/mol. The van der Waals surface area contributed by atoms with Crippen molar-refractivity contribution in [3.8, 4) is 5.75 Å². The summed E-state index contributed by atoms with van der Waals surface area (Å²) in [6.45, 7) is 6.36. The van der Waals surface area contributed by atoms with Crippen LogP contribution in [-0.2, 0) is 4.79 Å². The quantitative estimate of drug-likeness (QED) is 0.483. The van der Waals surface area contributed by atoms with Gasteiger partial charge in [-0.2, -0.15) is 0 Å². The summed E-state index contributed by atoms with van der Waals surface area (Å²) in [5, 5.41) is 2.94. The van der Waals surface area contributed by atoms with E-state index in [0.717, 1.165) is 28.8 Å². The second-order valence-electron chi connectivity index (χ2n) is 8.71. The van der Waals surface area contributed by atoms with Crippen LogP contribution in [0.5, 0.6) is 5.75 Å². The van der Waals surface area contributed by atoms with Crippen LogP contribution in [0.1, 0.15) is 24.2 Å². The van der Waals surface area contributed by atoms with E-state index in [-0.39, 0.29) is 11.8 Å². The third kappa shape index (κ3) is 5.78. The number of nitrogens with zero attached hydrogens (tertiary/aromatic N) is 2. The van der Waals surface area contributed by atoms with E-state index in [2.05, 4.69) is 26.1 Å². The summed E-state index contributed by atoms with van der Waals surface area (Å²) in [4.78, 5) is 29.6. The lowest BCUT2D eigenvalue weighted by molar-refractivity contribution is -0.128. The third-order valence-corrected chi connectivity index (χ3v) is 6.34. The minimum atomic E-state index is -1.03. The highest BCUT2D eigenvalue weighted by atomic mass is 79.9. The van der Waals surface area contributed by atoms with Gasteiger partial charge in [0, 0.05) is 47.6 Å². The van der Waals surface area contributed by atoms with Crippen LogP contribution in [-0.4, -0.2) is 48.5 Å². The molecule has 0 spiro atoms. The molecule has 0 saturated carbocycles. The molecule has 0 bridgehead atoms. The van der Waals surface area contributed by atoms with E-state index in [1.54, 1.807) is 13.8 Å². The molecule has 3 aromatic carbocycles. The Kier molecular flexibility index (Phi) is 7.22. The largest absolute Gasteiger partial charge is 0.478 e. The molecule has 176 valence electrons. The van der Waals surface area contributed by atoms with Crippen molar-refractivity contribution in [3.63, 3.8) is 0 Å². The first-order chi connectivity index (χ1) is 16.3. The zero-order chi connectivity index (χ0) is 24.1. The first-order valence-electron chi connectivity index (χ1n) is 11.3. The minimum Gasteiger partial charge on any atom is -0.478 e. The Hall–Kier alpha value is -3.32. The predicted molar refractivity (Wildman–Crippen MR) is 138 cm³/mol.